The zero-order chi connectivity index (χ0) is 7.56. The summed E-state index contributed by atoms with van der Waals surface area (Å²) in [5.74, 6) is 0. The molecule has 1 aromatic heterocycles. The summed E-state index contributed by atoms with van der Waals surface area (Å²) in [6.07, 6.45) is 1.77. The van der Waals surface area contributed by atoms with Gasteiger partial charge in [-0.25, -0.2) is 0 Å². The quantitative estimate of drug-likeness (QED) is 0.485. The average molecular weight is 141 g/mol. The first-order valence-corrected chi connectivity index (χ1v) is 2.90. The van der Waals surface area contributed by atoms with Gasteiger partial charge in [0.05, 0.1) is 5.69 Å². The van der Waals surface area contributed by atoms with E-state index >= 15 is 0 Å². The van der Waals surface area contributed by atoms with Crippen LogP contribution in [0.3, 0.4) is 0 Å². The summed E-state index contributed by atoms with van der Waals surface area (Å²) in [5.41, 5.74) is 0.581. The maximum atomic E-state index is 8.49. The van der Waals surface area contributed by atoms with E-state index in [1.807, 2.05) is 0 Å². The van der Waals surface area contributed by atoms with Gasteiger partial charge in [0.15, 0.2) is 0 Å². The number of rotatable bonds is 2. The second kappa shape index (κ2) is 2.81. The Labute approximate surface area is 58.4 Å². The van der Waals surface area contributed by atoms with Crippen LogP contribution in [0.1, 0.15) is 5.69 Å². The molecular weight excluding hydrogens is 133 g/mol. The lowest BCUT2D eigenvalue weighted by molar-refractivity contribution is 0.404. The Balaban J connectivity index is 2.58. The molecule has 0 fully saturated rings. The summed E-state index contributed by atoms with van der Waals surface area (Å²) in [7, 11) is 0.386. The number of nitrogens with zero attached hydrogens (tertiary/aromatic N) is 3. The molecule has 0 aliphatic rings. The zero-order valence-electron chi connectivity index (χ0n) is 5.60. The number of aryl methyl sites for hydroxylation is 1. The van der Waals surface area contributed by atoms with Crippen LogP contribution in [0, 0.1) is 0 Å². The SMILES string of the molecule is Cn1cc(CB(O)O)nn1. The van der Waals surface area contributed by atoms with Gasteiger partial charge in [0.1, 0.15) is 0 Å². The first kappa shape index (κ1) is 7.23. The van der Waals surface area contributed by atoms with E-state index in [1.54, 1.807) is 13.2 Å². The molecule has 2 N–H and O–H groups in total. The van der Waals surface area contributed by atoms with Crippen molar-refractivity contribution in [1.29, 1.82) is 0 Å². The maximum Gasteiger partial charge on any atom is 0.457 e. The van der Waals surface area contributed by atoms with Crippen molar-refractivity contribution in [3.05, 3.63) is 11.9 Å². The molecule has 0 saturated carbocycles. The van der Waals surface area contributed by atoms with Crippen molar-refractivity contribution in [1.82, 2.24) is 15.0 Å². The highest BCUT2D eigenvalue weighted by molar-refractivity contribution is 6.40. The van der Waals surface area contributed by atoms with Gasteiger partial charge in [-0.3, -0.25) is 4.68 Å². The molecule has 1 heterocycles. The van der Waals surface area contributed by atoms with E-state index in [1.165, 1.54) is 4.68 Å². The molecule has 1 rings (SSSR count). The fourth-order valence-corrected chi connectivity index (χ4v) is 0.676. The highest BCUT2D eigenvalue weighted by atomic mass is 16.4. The summed E-state index contributed by atoms with van der Waals surface area (Å²) in [4.78, 5) is 0. The van der Waals surface area contributed by atoms with Gasteiger partial charge in [0, 0.05) is 19.6 Å². The van der Waals surface area contributed by atoms with E-state index in [9.17, 15) is 0 Å². The Hall–Kier alpha value is -0.875. The molecule has 0 saturated heterocycles. The second-order valence-electron chi connectivity index (χ2n) is 2.07. The van der Waals surface area contributed by atoms with Crippen LogP contribution in [0.2, 0.25) is 0 Å². The van der Waals surface area contributed by atoms with Crippen molar-refractivity contribution >= 4 is 7.12 Å². The Kier molecular flexibility index (Phi) is 2.03. The van der Waals surface area contributed by atoms with Crippen molar-refractivity contribution in [3.63, 3.8) is 0 Å². The van der Waals surface area contributed by atoms with Gasteiger partial charge in [-0.1, -0.05) is 5.21 Å². The summed E-state index contributed by atoms with van der Waals surface area (Å²) >= 11 is 0. The summed E-state index contributed by atoms with van der Waals surface area (Å²) in [6.45, 7) is 0. The van der Waals surface area contributed by atoms with Gasteiger partial charge in [-0.05, 0) is 0 Å². The molecule has 0 aliphatic heterocycles. The van der Waals surface area contributed by atoms with Crippen LogP contribution in [-0.2, 0) is 13.4 Å². The smallest absolute Gasteiger partial charge is 0.427 e. The highest BCUT2D eigenvalue weighted by Crippen LogP contribution is 1.92. The van der Waals surface area contributed by atoms with E-state index in [-0.39, 0.29) is 6.32 Å². The second-order valence-corrected chi connectivity index (χ2v) is 2.07. The maximum absolute atomic E-state index is 8.49. The lowest BCUT2D eigenvalue weighted by atomic mass is 9.85. The minimum atomic E-state index is -1.34. The molecule has 0 amide bonds. The minimum Gasteiger partial charge on any atom is -0.427 e. The minimum absolute atomic E-state index is 0.133. The fourth-order valence-electron chi connectivity index (χ4n) is 0.676. The van der Waals surface area contributed by atoms with Crippen LogP contribution in [0.15, 0.2) is 6.20 Å². The number of hydrogen-bond acceptors (Lipinski definition) is 4. The third-order valence-corrected chi connectivity index (χ3v) is 1.04. The van der Waals surface area contributed by atoms with Gasteiger partial charge >= 0.3 is 7.12 Å². The zero-order valence-corrected chi connectivity index (χ0v) is 5.60. The van der Waals surface area contributed by atoms with E-state index in [0.717, 1.165) is 0 Å². The monoisotopic (exact) mass is 141 g/mol. The van der Waals surface area contributed by atoms with E-state index in [4.69, 9.17) is 10.0 Å². The van der Waals surface area contributed by atoms with Crippen molar-refractivity contribution in [3.8, 4) is 0 Å². The lowest BCUT2D eigenvalue weighted by Crippen LogP contribution is -2.15. The third kappa shape index (κ3) is 1.82. The molecule has 54 valence electrons. The van der Waals surface area contributed by atoms with Crippen LogP contribution >= 0.6 is 0 Å². The van der Waals surface area contributed by atoms with Gasteiger partial charge in [0.2, 0.25) is 0 Å². The molecule has 0 radical (unpaired) electrons. The van der Waals surface area contributed by atoms with E-state index in [0.29, 0.717) is 5.69 Å². The molecule has 0 atom stereocenters. The first-order chi connectivity index (χ1) is 4.68. The van der Waals surface area contributed by atoms with Crippen molar-refractivity contribution in [2.75, 3.05) is 0 Å². The lowest BCUT2D eigenvalue weighted by Gasteiger charge is -1.89. The largest absolute Gasteiger partial charge is 0.457 e. The molecule has 0 aromatic carbocycles. The fraction of sp³-hybridized carbons (Fsp3) is 0.500. The number of hydrogen-bond donors (Lipinski definition) is 2. The van der Waals surface area contributed by atoms with Gasteiger partial charge < -0.3 is 10.0 Å². The molecule has 5 nitrogen and oxygen atoms in total. The molecule has 10 heavy (non-hydrogen) atoms. The Morgan fingerprint density at radius 3 is 2.80 bits per heavy atom. The summed E-state index contributed by atoms with van der Waals surface area (Å²) in [6, 6.07) is 0. The normalized spacial score (nSPS) is 9.90. The van der Waals surface area contributed by atoms with Crippen LogP contribution < -0.4 is 0 Å². The van der Waals surface area contributed by atoms with Crippen molar-refractivity contribution < 1.29 is 10.0 Å². The molecule has 6 heteroatoms. The van der Waals surface area contributed by atoms with Gasteiger partial charge in [-0.2, -0.15) is 0 Å². The van der Waals surface area contributed by atoms with Crippen LogP contribution in [0.4, 0.5) is 0 Å². The molecular formula is C4H8BN3O2. The Bertz CT molecular complexity index is 212. The first-order valence-electron chi connectivity index (χ1n) is 2.90. The number of aromatic nitrogens is 3. The van der Waals surface area contributed by atoms with Gasteiger partial charge in [-0.15, -0.1) is 5.10 Å². The van der Waals surface area contributed by atoms with Crippen LogP contribution in [-0.4, -0.2) is 32.2 Å². The highest BCUT2D eigenvalue weighted by Gasteiger charge is 2.09. The molecule has 0 spiro atoms. The van der Waals surface area contributed by atoms with Crippen LogP contribution in [0.25, 0.3) is 0 Å². The van der Waals surface area contributed by atoms with E-state index in [2.05, 4.69) is 10.3 Å². The molecule has 0 aliphatic carbocycles. The predicted molar refractivity (Wildman–Crippen MR) is 34.9 cm³/mol. The standard InChI is InChI=1S/C4H8BN3O2/c1-8-3-4(6-7-8)2-5(9)10/h3,9-10H,2H2,1H3. The topological polar surface area (TPSA) is 71.2 Å². The predicted octanol–water partition coefficient (Wildman–Crippen LogP) is -1.63. The van der Waals surface area contributed by atoms with Gasteiger partial charge in [0.25, 0.3) is 0 Å². The summed E-state index contributed by atoms with van der Waals surface area (Å²) in [5, 5.41) is 24.3. The Morgan fingerprint density at radius 1 is 1.70 bits per heavy atom. The third-order valence-electron chi connectivity index (χ3n) is 1.04. The molecule has 1 aromatic rings. The molecule has 0 unspecified atom stereocenters. The van der Waals surface area contributed by atoms with Crippen LogP contribution in [0.5, 0.6) is 0 Å². The van der Waals surface area contributed by atoms with E-state index < -0.39 is 7.12 Å². The van der Waals surface area contributed by atoms with Crippen molar-refractivity contribution in [2.45, 2.75) is 6.32 Å². The van der Waals surface area contributed by atoms with Crippen molar-refractivity contribution in [2.24, 2.45) is 7.05 Å². The average Bonchev–Trinajstić information content (AvgIpc) is 2.13. The molecule has 0 bridgehead atoms. The summed E-state index contributed by atoms with van der Waals surface area (Å²) < 4.78 is 1.51. The Morgan fingerprint density at radius 2 is 2.40 bits per heavy atom.